The second-order valence-electron chi connectivity index (χ2n) is 6.16. The van der Waals surface area contributed by atoms with E-state index in [1.165, 1.54) is 0 Å². The highest BCUT2D eigenvalue weighted by atomic mass is 35.5. The first-order valence-electron chi connectivity index (χ1n) is 8.30. The Morgan fingerprint density at radius 2 is 1.42 bits per heavy atom. The number of hydrogen-bond donors (Lipinski definition) is 1. The molecule has 1 atom stereocenters. The number of nitrogens with zero attached hydrogens (tertiary/aromatic N) is 2. The van der Waals surface area contributed by atoms with E-state index in [4.69, 9.17) is 28.9 Å². The molecule has 0 bridgehead atoms. The molecule has 1 heterocycles. The van der Waals surface area contributed by atoms with Gasteiger partial charge < -0.3 is 15.5 Å². The van der Waals surface area contributed by atoms with E-state index in [-0.39, 0.29) is 11.8 Å². The largest absolute Gasteiger partial charge is 0.337 e. The van der Waals surface area contributed by atoms with E-state index >= 15 is 0 Å². The van der Waals surface area contributed by atoms with E-state index in [1.807, 2.05) is 30.3 Å². The molecule has 26 heavy (non-hydrogen) atoms. The fraction of sp³-hybridized carbons (Fsp3) is 0.263. The quantitative estimate of drug-likeness (QED) is 0.874. The van der Waals surface area contributed by atoms with Gasteiger partial charge in [-0.2, -0.15) is 0 Å². The molecule has 0 saturated carbocycles. The normalized spacial score (nSPS) is 15.7. The van der Waals surface area contributed by atoms with Crippen molar-refractivity contribution in [1.82, 2.24) is 9.80 Å². The molecule has 136 valence electrons. The predicted molar refractivity (Wildman–Crippen MR) is 102 cm³/mol. The van der Waals surface area contributed by atoms with Crippen LogP contribution in [0.5, 0.6) is 0 Å². The zero-order valence-corrected chi connectivity index (χ0v) is 15.6. The first kappa shape index (κ1) is 18.7. The average Bonchev–Trinajstić information content (AvgIpc) is 2.66. The summed E-state index contributed by atoms with van der Waals surface area (Å²) in [5.41, 5.74) is 7.32. The summed E-state index contributed by atoms with van der Waals surface area (Å²) in [4.78, 5) is 28.6. The highest BCUT2D eigenvalue weighted by molar-refractivity contribution is 6.35. The fourth-order valence-electron chi connectivity index (χ4n) is 2.99. The van der Waals surface area contributed by atoms with Gasteiger partial charge in [0.05, 0.1) is 0 Å². The number of carbonyl (C=O) groups excluding carboxylic acids is 2. The maximum Gasteiger partial charge on any atom is 0.254 e. The summed E-state index contributed by atoms with van der Waals surface area (Å²) in [7, 11) is 0. The molecule has 0 aromatic heterocycles. The number of carbonyl (C=O) groups is 2. The van der Waals surface area contributed by atoms with Gasteiger partial charge in [0.15, 0.2) is 0 Å². The average molecular weight is 392 g/mol. The lowest BCUT2D eigenvalue weighted by atomic mass is 10.1. The van der Waals surface area contributed by atoms with Crippen LogP contribution in [0, 0.1) is 0 Å². The van der Waals surface area contributed by atoms with Crippen LogP contribution in [0.2, 0.25) is 10.0 Å². The molecule has 7 heteroatoms. The van der Waals surface area contributed by atoms with Gasteiger partial charge in [0.2, 0.25) is 5.91 Å². The van der Waals surface area contributed by atoms with Crippen LogP contribution in [0.15, 0.2) is 48.5 Å². The summed E-state index contributed by atoms with van der Waals surface area (Å²) >= 11 is 11.9. The van der Waals surface area contributed by atoms with Crippen LogP contribution in [-0.2, 0) is 4.79 Å². The van der Waals surface area contributed by atoms with Crippen molar-refractivity contribution < 1.29 is 9.59 Å². The molecule has 0 spiro atoms. The zero-order valence-electron chi connectivity index (χ0n) is 14.1. The van der Waals surface area contributed by atoms with Crippen LogP contribution in [0.1, 0.15) is 22.0 Å². The highest BCUT2D eigenvalue weighted by Gasteiger charge is 2.28. The fourth-order valence-corrected chi connectivity index (χ4v) is 3.52. The van der Waals surface area contributed by atoms with Gasteiger partial charge in [0.25, 0.3) is 5.91 Å². The van der Waals surface area contributed by atoms with Gasteiger partial charge in [0.1, 0.15) is 6.04 Å². The van der Waals surface area contributed by atoms with Crippen LogP contribution in [0.25, 0.3) is 0 Å². The third kappa shape index (κ3) is 4.18. The third-order valence-corrected chi connectivity index (χ3v) is 4.85. The topological polar surface area (TPSA) is 66.6 Å². The third-order valence-electron chi connectivity index (χ3n) is 4.41. The number of amides is 2. The van der Waals surface area contributed by atoms with Gasteiger partial charge in [-0.15, -0.1) is 0 Å². The second-order valence-corrected chi connectivity index (χ2v) is 7.04. The summed E-state index contributed by atoms with van der Waals surface area (Å²) < 4.78 is 0. The molecule has 1 aliphatic rings. The van der Waals surface area contributed by atoms with Crippen LogP contribution in [0.4, 0.5) is 0 Å². The van der Waals surface area contributed by atoms with Gasteiger partial charge in [-0.3, -0.25) is 9.59 Å². The molecule has 1 aliphatic heterocycles. The van der Waals surface area contributed by atoms with Crippen LogP contribution < -0.4 is 5.73 Å². The molecule has 2 aromatic carbocycles. The van der Waals surface area contributed by atoms with Crippen molar-refractivity contribution in [3.63, 3.8) is 0 Å². The molecule has 3 rings (SSSR count). The minimum Gasteiger partial charge on any atom is -0.337 e. The lowest BCUT2D eigenvalue weighted by Crippen LogP contribution is -2.52. The van der Waals surface area contributed by atoms with Crippen molar-refractivity contribution in [2.24, 2.45) is 5.73 Å². The van der Waals surface area contributed by atoms with E-state index < -0.39 is 6.04 Å². The SMILES string of the molecule is NC(C(=O)N1CCN(C(=O)c2cc(Cl)cc(Cl)c2)CC1)c1ccccc1. The standard InChI is InChI=1S/C19H19Cl2N3O2/c20-15-10-14(11-16(21)12-15)18(25)23-6-8-24(9-7-23)19(26)17(22)13-4-2-1-3-5-13/h1-5,10-12,17H,6-9,22H2. The molecule has 0 radical (unpaired) electrons. The Kier molecular flexibility index (Phi) is 5.81. The Hall–Kier alpha value is -2.08. The van der Waals surface area contributed by atoms with Gasteiger partial charge in [-0.1, -0.05) is 53.5 Å². The van der Waals surface area contributed by atoms with Crippen LogP contribution >= 0.6 is 23.2 Å². The Labute approximate surface area is 162 Å². The molecular weight excluding hydrogens is 373 g/mol. The summed E-state index contributed by atoms with van der Waals surface area (Å²) in [5, 5.41) is 0.840. The van der Waals surface area contributed by atoms with E-state index in [0.29, 0.717) is 41.8 Å². The number of halogens is 2. The molecule has 1 saturated heterocycles. The van der Waals surface area contributed by atoms with E-state index in [1.54, 1.807) is 28.0 Å². The second kappa shape index (κ2) is 8.08. The maximum atomic E-state index is 12.6. The van der Waals surface area contributed by atoms with Crippen molar-refractivity contribution in [3.8, 4) is 0 Å². The number of rotatable bonds is 3. The number of benzene rings is 2. The summed E-state index contributed by atoms with van der Waals surface area (Å²) in [6.45, 7) is 1.77. The van der Waals surface area contributed by atoms with Crippen molar-refractivity contribution in [1.29, 1.82) is 0 Å². The number of piperazine rings is 1. The lowest BCUT2D eigenvalue weighted by molar-refractivity contribution is -0.134. The van der Waals surface area contributed by atoms with Gasteiger partial charge in [-0.05, 0) is 23.8 Å². The monoisotopic (exact) mass is 391 g/mol. The van der Waals surface area contributed by atoms with Crippen molar-refractivity contribution in [3.05, 3.63) is 69.7 Å². The van der Waals surface area contributed by atoms with Crippen molar-refractivity contribution in [2.75, 3.05) is 26.2 Å². The molecule has 2 N–H and O–H groups in total. The molecule has 2 amide bonds. The predicted octanol–water partition coefficient (Wildman–Crippen LogP) is 2.98. The highest BCUT2D eigenvalue weighted by Crippen LogP contribution is 2.21. The summed E-state index contributed by atoms with van der Waals surface area (Å²) in [5.74, 6) is -0.275. The van der Waals surface area contributed by atoms with E-state index in [9.17, 15) is 9.59 Å². The van der Waals surface area contributed by atoms with Gasteiger partial charge >= 0.3 is 0 Å². The minimum atomic E-state index is -0.690. The summed E-state index contributed by atoms with van der Waals surface area (Å²) in [6, 6.07) is 13.4. The first-order valence-corrected chi connectivity index (χ1v) is 9.06. The minimum absolute atomic E-state index is 0.130. The first-order chi connectivity index (χ1) is 12.5. The van der Waals surface area contributed by atoms with E-state index in [2.05, 4.69) is 0 Å². The Bertz CT molecular complexity index is 785. The molecule has 1 fully saturated rings. The van der Waals surface area contributed by atoms with E-state index in [0.717, 1.165) is 5.56 Å². The maximum absolute atomic E-state index is 12.6. The molecule has 5 nitrogen and oxygen atoms in total. The molecular formula is C19H19Cl2N3O2. The molecule has 0 aliphatic carbocycles. The Morgan fingerprint density at radius 3 is 2.00 bits per heavy atom. The lowest BCUT2D eigenvalue weighted by Gasteiger charge is -2.36. The molecule has 2 aromatic rings. The van der Waals surface area contributed by atoms with Gasteiger partial charge in [0, 0.05) is 41.8 Å². The van der Waals surface area contributed by atoms with Crippen LogP contribution in [-0.4, -0.2) is 47.8 Å². The summed E-state index contributed by atoms with van der Waals surface area (Å²) in [6.07, 6.45) is 0. The number of nitrogens with two attached hydrogens (primary N) is 1. The Balaban J connectivity index is 1.62. The number of hydrogen-bond acceptors (Lipinski definition) is 3. The van der Waals surface area contributed by atoms with Gasteiger partial charge in [-0.25, -0.2) is 0 Å². The smallest absolute Gasteiger partial charge is 0.254 e. The van der Waals surface area contributed by atoms with Crippen molar-refractivity contribution in [2.45, 2.75) is 6.04 Å². The van der Waals surface area contributed by atoms with Crippen LogP contribution in [0.3, 0.4) is 0 Å². The van der Waals surface area contributed by atoms with Crippen molar-refractivity contribution >= 4 is 35.0 Å². The zero-order chi connectivity index (χ0) is 18.7. The Morgan fingerprint density at radius 1 is 0.885 bits per heavy atom. The molecule has 1 unspecified atom stereocenters.